The van der Waals surface area contributed by atoms with Crippen molar-refractivity contribution >= 4 is 5.97 Å². The van der Waals surface area contributed by atoms with E-state index in [2.05, 4.69) is 0 Å². The van der Waals surface area contributed by atoms with Gasteiger partial charge in [-0.15, -0.1) is 0 Å². The molecule has 0 amide bonds. The summed E-state index contributed by atoms with van der Waals surface area (Å²) >= 11 is 0. The Labute approximate surface area is 106 Å². The summed E-state index contributed by atoms with van der Waals surface area (Å²) in [6.45, 7) is 3.50. The maximum atomic E-state index is 10.2. The maximum absolute atomic E-state index is 10.2. The number of hydrogen-bond donors (Lipinski definition) is 0. The van der Waals surface area contributed by atoms with Crippen LogP contribution in [0.15, 0.2) is 23.8 Å². The summed E-state index contributed by atoms with van der Waals surface area (Å²) in [6.07, 6.45) is 6.54. The normalized spacial score (nSPS) is 25.1. The minimum atomic E-state index is -1.18. The van der Waals surface area contributed by atoms with E-state index in [-0.39, 0.29) is 36.2 Å². The topological polar surface area (TPSA) is 49.4 Å². The van der Waals surface area contributed by atoms with Gasteiger partial charge >= 0.3 is 29.6 Å². The molecule has 1 atom stereocenters. The Hall–Kier alpha value is -0.0900. The standard InChI is InChI=1S/C10H14O3.Na/c1-8-3-5-10(2,6-4-8)13-7-9(11)12;/h3-5H,6-7H2,1-2H3,(H,11,12);/q;+1/p-1. The Kier molecular flexibility index (Phi) is 5.67. The molecule has 0 aromatic heterocycles. The Morgan fingerprint density at radius 3 is 2.79 bits per heavy atom. The molecule has 14 heavy (non-hydrogen) atoms. The van der Waals surface area contributed by atoms with Crippen molar-refractivity contribution in [2.75, 3.05) is 6.61 Å². The van der Waals surface area contributed by atoms with Crippen LogP contribution in [0, 0.1) is 0 Å². The van der Waals surface area contributed by atoms with E-state index < -0.39 is 11.6 Å². The number of ether oxygens (including phenoxy) is 1. The monoisotopic (exact) mass is 204 g/mol. The summed E-state index contributed by atoms with van der Waals surface area (Å²) < 4.78 is 5.19. The third-order valence-corrected chi connectivity index (χ3v) is 2.05. The smallest absolute Gasteiger partial charge is 0.548 e. The second-order valence-electron chi connectivity index (χ2n) is 3.46. The van der Waals surface area contributed by atoms with Crippen molar-refractivity contribution < 1.29 is 44.2 Å². The van der Waals surface area contributed by atoms with E-state index in [4.69, 9.17) is 4.74 Å². The number of hydrogen-bond acceptors (Lipinski definition) is 3. The van der Waals surface area contributed by atoms with E-state index in [1.165, 1.54) is 5.57 Å². The van der Waals surface area contributed by atoms with Gasteiger partial charge in [-0.25, -0.2) is 0 Å². The third kappa shape index (κ3) is 4.42. The van der Waals surface area contributed by atoms with Crippen molar-refractivity contribution in [2.45, 2.75) is 25.9 Å². The van der Waals surface area contributed by atoms with Crippen molar-refractivity contribution in [3.05, 3.63) is 23.8 Å². The van der Waals surface area contributed by atoms with E-state index in [0.29, 0.717) is 6.42 Å². The SMILES string of the molecule is CC1=CCC(C)(OCC(=O)[O-])C=C1.[Na+]. The van der Waals surface area contributed by atoms with Crippen molar-refractivity contribution in [2.24, 2.45) is 0 Å². The number of carbonyl (C=O) groups excluding carboxylic acids is 1. The van der Waals surface area contributed by atoms with Crippen LogP contribution in [0.4, 0.5) is 0 Å². The van der Waals surface area contributed by atoms with E-state index in [1.807, 2.05) is 32.1 Å². The first-order valence-electron chi connectivity index (χ1n) is 4.22. The van der Waals surface area contributed by atoms with Gasteiger partial charge in [-0.2, -0.15) is 0 Å². The van der Waals surface area contributed by atoms with Crippen molar-refractivity contribution in [3.63, 3.8) is 0 Å². The molecule has 0 bridgehead atoms. The van der Waals surface area contributed by atoms with Crippen LogP contribution in [-0.4, -0.2) is 18.2 Å². The van der Waals surface area contributed by atoms with Crippen molar-refractivity contribution in [1.82, 2.24) is 0 Å². The second-order valence-corrected chi connectivity index (χ2v) is 3.46. The van der Waals surface area contributed by atoms with Gasteiger partial charge in [-0.05, 0) is 20.3 Å². The molecular formula is C10H13NaO3. The van der Waals surface area contributed by atoms with E-state index in [9.17, 15) is 9.90 Å². The Balaban J connectivity index is 0.00000169. The first kappa shape index (κ1) is 13.9. The number of allylic oxidation sites excluding steroid dienone is 2. The van der Waals surface area contributed by atoms with Crippen molar-refractivity contribution in [3.8, 4) is 0 Å². The minimum Gasteiger partial charge on any atom is -0.548 e. The molecule has 0 spiro atoms. The number of aliphatic carboxylic acids is 1. The molecule has 4 heteroatoms. The fraction of sp³-hybridized carbons (Fsp3) is 0.500. The fourth-order valence-electron chi connectivity index (χ4n) is 1.14. The molecule has 1 unspecified atom stereocenters. The van der Waals surface area contributed by atoms with Crippen LogP contribution in [0.25, 0.3) is 0 Å². The van der Waals surface area contributed by atoms with Gasteiger partial charge in [-0.3, -0.25) is 0 Å². The van der Waals surface area contributed by atoms with Gasteiger partial charge in [0.05, 0.1) is 18.2 Å². The number of rotatable bonds is 3. The maximum Gasteiger partial charge on any atom is 1.00 e. The number of carboxylic acid groups (broad SMARTS) is 1. The summed E-state index contributed by atoms with van der Waals surface area (Å²) in [7, 11) is 0. The summed E-state index contributed by atoms with van der Waals surface area (Å²) in [5.74, 6) is -1.18. The average molecular weight is 204 g/mol. The van der Waals surface area contributed by atoms with Gasteiger partial charge in [0.2, 0.25) is 0 Å². The van der Waals surface area contributed by atoms with Gasteiger partial charge in [0, 0.05) is 0 Å². The summed E-state index contributed by atoms with van der Waals surface area (Å²) in [5.41, 5.74) is 0.689. The molecule has 3 nitrogen and oxygen atoms in total. The molecule has 0 radical (unpaired) electrons. The number of carboxylic acids is 1. The average Bonchev–Trinajstić information content (AvgIpc) is 2.08. The molecule has 1 aliphatic rings. The molecule has 0 N–H and O–H groups in total. The largest absolute Gasteiger partial charge is 1.00 e. The molecule has 0 aromatic rings. The predicted octanol–water partition coefficient (Wildman–Crippen LogP) is -2.58. The quantitative estimate of drug-likeness (QED) is 0.474. The van der Waals surface area contributed by atoms with Gasteiger partial charge in [0.1, 0.15) is 0 Å². The second kappa shape index (κ2) is 5.71. The van der Waals surface area contributed by atoms with E-state index in [1.54, 1.807) is 0 Å². The molecule has 0 aliphatic heterocycles. The fourth-order valence-corrected chi connectivity index (χ4v) is 1.14. The van der Waals surface area contributed by atoms with Crippen LogP contribution in [-0.2, 0) is 9.53 Å². The Bertz CT molecular complexity index is 271. The Morgan fingerprint density at radius 2 is 2.36 bits per heavy atom. The number of carbonyl (C=O) groups is 1. The van der Waals surface area contributed by atoms with Gasteiger partial charge in [-0.1, -0.05) is 23.8 Å². The van der Waals surface area contributed by atoms with Crippen LogP contribution in [0.3, 0.4) is 0 Å². The summed E-state index contributed by atoms with van der Waals surface area (Å²) in [5, 5.41) is 10.2. The van der Waals surface area contributed by atoms with Crippen LogP contribution >= 0.6 is 0 Å². The van der Waals surface area contributed by atoms with Crippen LogP contribution in [0.1, 0.15) is 20.3 Å². The molecule has 0 heterocycles. The summed E-state index contributed by atoms with van der Waals surface area (Å²) in [6, 6.07) is 0. The van der Waals surface area contributed by atoms with E-state index >= 15 is 0 Å². The molecule has 0 saturated heterocycles. The molecule has 0 saturated carbocycles. The molecular weight excluding hydrogens is 191 g/mol. The Morgan fingerprint density at radius 1 is 1.71 bits per heavy atom. The van der Waals surface area contributed by atoms with Crippen molar-refractivity contribution in [1.29, 1.82) is 0 Å². The summed E-state index contributed by atoms with van der Waals surface area (Å²) in [4.78, 5) is 10.2. The van der Waals surface area contributed by atoms with E-state index in [0.717, 1.165) is 0 Å². The van der Waals surface area contributed by atoms with Gasteiger partial charge in [0.15, 0.2) is 0 Å². The molecule has 0 aromatic carbocycles. The first-order chi connectivity index (χ1) is 6.02. The molecule has 1 rings (SSSR count). The van der Waals surface area contributed by atoms with Crippen LogP contribution in [0.2, 0.25) is 0 Å². The zero-order chi connectivity index (χ0) is 9.90. The predicted molar refractivity (Wildman–Crippen MR) is 46.9 cm³/mol. The molecule has 1 aliphatic carbocycles. The van der Waals surface area contributed by atoms with Crippen LogP contribution < -0.4 is 34.7 Å². The zero-order valence-corrected chi connectivity index (χ0v) is 10.9. The minimum absolute atomic E-state index is 0. The molecule has 0 fully saturated rings. The van der Waals surface area contributed by atoms with Gasteiger partial charge in [0.25, 0.3) is 0 Å². The van der Waals surface area contributed by atoms with Gasteiger partial charge < -0.3 is 14.6 Å². The first-order valence-corrected chi connectivity index (χ1v) is 4.22. The third-order valence-electron chi connectivity index (χ3n) is 2.05. The molecule has 72 valence electrons. The zero-order valence-electron chi connectivity index (χ0n) is 8.87. The van der Waals surface area contributed by atoms with Crippen LogP contribution in [0.5, 0.6) is 0 Å².